The number of aliphatic hydroxyl groups excluding tert-OH is 3. The van der Waals surface area contributed by atoms with Crippen molar-refractivity contribution in [3.05, 3.63) is 0 Å². The minimum absolute atomic E-state index is 0. The van der Waals surface area contributed by atoms with Gasteiger partial charge in [-0.2, -0.15) is 0 Å². The van der Waals surface area contributed by atoms with E-state index >= 15 is 0 Å². The highest BCUT2D eigenvalue weighted by Gasteiger charge is 2.36. The fourth-order valence-corrected chi connectivity index (χ4v) is 19.1. The van der Waals surface area contributed by atoms with Crippen LogP contribution in [-0.2, 0) is 100 Å². The summed E-state index contributed by atoms with van der Waals surface area (Å²) in [7, 11) is -45.6. The lowest BCUT2D eigenvalue weighted by molar-refractivity contribution is -0.233. The third-order valence-electron chi connectivity index (χ3n) is 8.90. The highest BCUT2D eigenvalue weighted by atomic mass is 31.3. The fourth-order valence-electron chi connectivity index (χ4n) is 5.70. The zero-order valence-corrected chi connectivity index (χ0v) is 52.5. The maximum absolute atomic E-state index is 11.5. The molecule has 3 fully saturated rings. The molecular formula is C36H68N2O35P9-9. The maximum atomic E-state index is 11.5. The monoisotopic (exact) mass is 1370 g/mol. The van der Waals surface area contributed by atoms with Crippen LogP contribution in [0.15, 0.2) is 0 Å². The van der Waals surface area contributed by atoms with Crippen LogP contribution in [0.1, 0.15) is 75.2 Å². The van der Waals surface area contributed by atoms with Crippen molar-refractivity contribution in [2.75, 3.05) is 64.8 Å². The van der Waals surface area contributed by atoms with Crippen molar-refractivity contribution in [2.24, 2.45) is 0 Å². The van der Waals surface area contributed by atoms with Gasteiger partial charge in [0.15, 0.2) is 22.8 Å². The quantitative estimate of drug-likeness (QED) is 0.0381. The van der Waals surface area contributed by atoms with Crippen LogP contribution >= 0.6 is 69.0 Å². The molecule has 3 rings (SSSR count). The normalized spacial score (nSPS) is 28.4. The van der Waals surface area contributed by atoms with E-state index in [1.54, 1.807) is 34.6 Å². The molecular weight excluding hydrogens is 1300 g/mol. The van der Waals surface area contributed by atoms with E-state index in [0.29, 0.717) is 27.3 Å². The molecule has 46 heteroatoms. The first-order chi connectivity index (χ1) is 36.6. The third kappa shape index (κ3) is 43.7. The van der Waals surface area contributed by atoms with Crippen LogP contribution in [-0.4, -0.2) is 152 Å². The van der Waals surface area contributed by atoms with Gasteiger partial charge < -0.3 is 139 Å². The SMILES string of the molecule is C.CC#CCNC(C)=O.CC#CCNC(C)=O.COP(=O)([O-])OP(=O)([O-])CP(=O)([O-])OC[C@H]1O[C@@H](C)CC1O.COP(=O)([O-])OP(=O)([O-])CP(=O)([O-])OC[C@H]1O[C@@H](C)CC1O.C[C@H]1CC(O)[C@@H](COP(=O)([O-])CP(=O)([O-])OP(=O)([O-])O)O1. The highest BCUT2D eigenvalue weighted by Crippen LogP contribution is 2.63. The summed E-state index contributed by atoms with van der Waals surface area (Å²) in [4.78, 5) is 129. The minimum atomic E-state index is -5.64. The van der Waals surface area contributed by atoms with Gasteiger partial charge in [0.1, 0.15) is 41.1 Å². The Morgan fingerprint density at radius 2 is 0.744 bits per heavy atom. The molecule has 18 atom stereocenters. The molecule has 3 aliphatic heterocycles. The fraction of sp³-hybridized carbons (Fsp3) is 0.833. The summed E-state index contributed by atoms with van der Waals surface area (Å²) < 4.78 is 147. The van der Waals surface area contributed by atoms with Crippen molar-refractivity contribution in [2.45, 2.75) is 130 Å². The Morgan fingerprint density at radius 1 is 0.500 bits per heavy atom. The molecule has 0 radical (unpaired) electrons. The van der Waals surface area contributed by atoms with Crippen LogP contribution in [0.4, 0.5) is 0 Å². The van der Waals surface area contributed by atoms with Crippen molar-refractivity contribution >= 4 is 80.9 Å². The second-order valence-electron chi connectivity index (χ2n) is 16.5. The molecule has 2 amide bonds. The smallest absolute Gasteiger partial charge is 0.272 e. The Hall–Kier alpha value is -0.830. The van der Waals surface area contributed by atoms with Crippen LogP contribution in [0.5, 0.6) is 0 Å². The summed E-state index contributed by atoms with van der Waals surface area (Å²) in [6.07, 6.45) is -5.70. The van der Waals surface area contributed by atoms with Crippen LogP contribution in [0.3, 0.4) is 0 Å². The molecule has 0 aromatic carbocycles. The molecule has 0 spiro atoms. The summed E-state index contributed by atoms with van der Waals surface area (Å²) in [5.41, 5.74) is 0. The number of rotatable bonds is 25. The number of nitrogens with one attached hydrogen (secondary N) is 2. The van der Waals surface area contributed by atoms with Crippen LogP contribution < -0.4 is 54.7 Å². The lowest BCUT2D eigenvalue weighted by Gasteiger charge is -2.35. The van der Waals surface area contributed by atoms with Gasteiger partial charge in [-0.3, -0.25) is 36.2 Å². The van der Waals surface area contributed by atoms with E-state index in [0.717, 1.165) is 0 Å². The van der Waals surface area contributed by atoms with Crippen molar-refractivity contribution in [3.8, 4) is 23.7 Å². The maximum Gasteiger partial charge on any atom is 0.272 e. The number of ether oxygens (including phenoxy) is 3. The standard InChI is InChI=1S/2C8H19O11P3.C7H17O11P3.2C6H9NO.CH4/c2*1-6-3-7(9)8(18-6)4-17-20(10,11)5-21(12,13)19-22(14,15)16-2;1-5-2-6(8)7(17-5)3-16-19(9,10)4-20(11,12)18-21(13,14)15;2*1-3-4-5-7-6(2)8;/h2*6-9H,3-5H2,1-2H3,(H,10,11)(H,12,13)(H,14,15);5-8H,2-4H2,1H3,(H,9,10)(H,11,12)(H2,13,14,15);2*5H2,1-2H3,(H,7,8);1H4/p-9/t2*6-,7?,8+;5-,6?,7+;;;/m000.../s1. The summed E-state index contributed by atoms with van der Waals surface area (Å²) in [5, 5.41) is 33.6. The van der Waals surface area contributed by atoms with Gasteiger partial charge in [-0.05, 0) is 34.6 Å². The lowest BCUT2D eigenvalue weighted by Crippen LogP contribution is -2.28. The molecule has 82 heavy (non-hydrogen) atoms. The summed E-state index contributed by atoms with van der Waals surface area (Å²) in [5.74, 6) is 5.54. The predicted octanol–water partition coefficient (Wildman–Crippen LogP) is -3.52. The number of carbonyl (C=O) groups is 2. The van der Waals surface area contributed by atoms with Gasteiger partial charge >= 0.3 is 0 Å². The van der Waals surface area contributed by atoms with E-state index in [1.165, 1.54) is 13.8 Å². The van der Waals surface area contributed by atoms with Gasteiger partial charge in [-0.15, -0.1) is 11.8 Å². The molecule has 0 aliphatic carbocycles. The molecule has 3 aliphatic rings. The van der Waals surface area contributed by atoms with Crippen molar-refractivity contribution in [3.63, 3.8) is 0 Å². The Kier molecular flexibility index (Phi) is 40.1. The molecule has 3 heterocycles. The van der Waals surface area contributed by atoms with Gasteiger partial charge in [-0.25, -0.2) is 0 Å². The predicted molar refractivity (Wildman–Crippen MR) is 266 cm³/mol. The average Bonchev–Trinajstić information content (AvgIpc) is 3.90. The van der Waals surface area contributed by atoms with E-state index < -0.39 is 143 Å². The molecule has 0 aromatic rings. The molecule has 486 valence electrons. The first-order valence-corrected chi connectivity index (χ1v) is 37.3. The van der Waals surface area contributed by atoms with E-state index in [1.807, 2.05) is 0 Å². The van der Waals surface area contributed by atoms with E-state index in [2.05, 4.69) is 69.9 Å². The molecule has 6 N–H and O–H groups in total. The van der Waals surface area contributed by atoms with Crippen LogP contribution in [0.25, 0.3) is 0 Å². The summed E-state index contributed by atoms with van der Waals surface area (Å²) in [6.45, 7) is 10.5. The zero-order chi connectivity index (χ0) is 63.6. The Bertz CT molecular complexity index is 2440. The molecule has 0 saturated carbocycles. The van der Waals surface area contributed by atoms with E-state index in [9.17, 15) is 110 Å². The minimum Gasteiger partial charge on any atom is -0.778 e. The zero-order valence-electron chi connectivity index (χ0n) is 44.4. The van der Waals surface area contributed by atoms with Crippen molar-refractivity contribution < 1.29 is 165 Å². The molecule has 0 aromatic heterocycles. The number of aliphatic hydroxyl groups is 3. The number of hydrogen-bond acceptors (Lipinski definition) is 34. The van der Waals surface area contributed by atoms with E-state index in [4.69, 9.17) is 19.1 Å². The number of amides is 2. The van der Waals surface area contributed by atoms with Crippen LogP contribution in [0, 0.1) is 23.7 Å². The summed E-state index contributed by atoms with van der Waals surface area (Å²) in [6, 6.07) is 0. The summed E-state index contributed by atoms with van der Waals surface area (Å²) >= 11 is 0. The van der Waals surface area contributed by atoms with Crippen molar-refractivity contribution in [1.29, 1.82) is 0 Å². The number of carbonyl (C=O) groups excluding carboxylic acids is 2. The second kappa shape index (κ2) is 38.6. The average molecular weight is 1370 g/mol. The number of phosphoric ester groups is 2. The third-order valence-corrected chi connectivity index (χ3v) is 25.2. The Morgan fingerprint density at radius 3 is 0.927 bits per heavy atom. The van der Waals surface area contributed by atoms with Gasteiger partial charge in [0.25, 0.3) is 23.5 Å². The Labute approximate surface area is 473 Å². The first-order valence-electron chi connectivity index (χ1n) is 22.5. The highest BCUT2D eigenvalue weighted by molar-refractivity contribution is 7.74. The van der Waals surface area contributed by atoms with Gasteiger partial charge in [-0.1, -0.05) is 19.3 Å². The molecule has 3 saturated heterocycles. The largest absolute Gasteiger partial charge is 0.778 e. The van der Waals surface area contributed by atoms with Crippen molar-refractivity contribution in [1.82, 2.24) is 10.6 Å². The number of hydrogen-bond donors (Lipinski definition) is 6. The van der Waals surface area contributed by atoms with Gasteiger partial charge in [0, 0.05) is 47.3 Å². The lowest BCUT2D eigenvalue weighted by atomic mass is 10.1. The molecule has 12 unspecified atom stereocenters. The van der Waals surface area contributed by atoms with E-state index in [-0.39, 0.29) is 56.8 Å². The molecule has 0 bridgehead atoms. The second-order valence-corrected chi connectivity index (χ2v) is 33.4. The first kappa shape index (κ1) is 85.4. The molecule has 37 nitrogen and oxygen atoms in total. The number of phosphoric acid groups is 3. The topological polar surface area (TPSA) is 602 Å². The van der Waals surface area contributed by atoms with Gasteiger partial charge in [0.05, 0.1) is 87.2 Å². The van der Waals surface area contributed by atoms with Crippen LogP contribution in [0.2, 0.25) is 0 Å². The Balaban J connectivity index is -0.00000100. The van der Waals surface area contributed by atoms with Gasteiger partial charge in [0.2, 0.25) is 11.8 Å².